The molecule has 0 aromatic heterocycles. The Bertz CT molecular complexity index is 770. The molecule has 0 bridgehead atoms. The molecule has 132 valence electrons. The number of carbonyl (C=O) groups is 1. The van der Waals surface area contributed by atoms with Gasteiger partial charge in [-0.2, -0.15) is 0 Å². The molecule has 0 spiro atoms. The molecule has 1 aliphatic heterocycles. The predicted octanol–water partition coefficient (Wildman–Crippen LogP) is 3.70. The Balaban J connectivity index is 2.05. The van der Waals surface area contributed by atoms with E-state index < -0.39 is 5.97 Å². The van der Waals surface area contributed by atoms with Crippen molar-refractivity contribution in [1.82, 2.24) is 0 Å². The van der Waals surface area contributed by atoms with Crippen molar-refractivity contribution in [3.8, 4) is 11.5 Å². The summed E-state index contributed by atoms with van der Waals surface area (Å²) in [5.74, 6) is -0.409. The molecular weight excluding hydrogens is 318 g/mol. The van der Waals surface area contributed by atoms with E-state index in [0.29, 0.717) is 6.54 Å². The summed E-state index contributed by atoms with van der Waals surface area (Å²) < 4.78 is 0. The van der Waals surface area contributed by atoms with E-state index in [1.807, 2.05) is 18.2 Å². The molecule has 3 rings (SSSR count). The van der Waals surface area contributed by atoms with Crippen LogP contribution in [0.4, 0.5) is 5.69 Å². The lowest BCUT2D eigenvalue weighted by molar-refractivity contribution is -0.137. The Kier molecular flexibility index (Phi) is 4.57. The minimum absolute atomic E-state index is 0.0202. The van der Waals surface area contributed by atoms with E-state index in [4.69, 9.17) is 0 Å². The zero-order chi connectivity index (χ0) is 18.1. The van der Waals surface area contributed by atoms with Gasteiger partial charge in [0.1, 0.15) is 11.5 Å². The summed E-state index contributed by atoms with van der Waals surface area (Å²) in [7, 11) is 0. The van der Waals surface area contributed by atoms with E-state index in [1.54, 1.807) is 24.3 Å². The van der Waals surface area contributed by atoms with Gasteiger partial charge in [-0.1, -0.05) is 38.1 Å². The zero-order valence-corrected chi connectivity index (χ0v) is 14.4. The van der Waals surface area contributed by atoms with Gasteiger partial charge in [0, 0.05) is 18.5 Å². The number of anilines is 1. The van der Waals surface area contributed by atoms with Crippen LogP contribution in [0.1, 0.15) is 37.3 Å². The molecule has 5 nitrogen and oxygen atoms in total. The van der Waals surface area contributed by atoms with Crippen LogP contribution in [0.25, 0.3) is 0 Å². The number of phenolic OH excluding ortho intramolecular Hbond substituents is 2. The molecule has 25 heavy (non-hydrogen) atoms. The van der Waals surface area contributed by atoms with Crippen molar-refractivity contribution >= 4 is 11.7 Å². The zero-order valence-electron chi connectivity index (χ0n) is 14.4. The number of carboxylic acid groups (broad SMARTS) is 1. The van der Waals surface area contributed by atoms with Crippen molar-refractivity contribution < 1.29 is 20.1 Å². The van der Waals surface area contributed by atoms with Gasteiger partial charge < -0.3 is 20.2 Å². The number of phenols is 2. The maximum absolute atomic E-state index is 11.4. The van der Waals surface area contributed by atoms with Crippen LogP contribution in [-0.2, 0) is 11.3 Å². The van der Waals surface area contributed by atoms with Gasteiger partial charge in [-0.15, -0.1) is 0 Å². The first-order valence-electron chi connectivity index (χ1n) is 8.46. The number of nitrogens with zero attached hydrogens (tertiary/aromatic N) is 1. The van der Waals surface area contributed by atoms with E-state index in [0.717, 1.165) is 16.8 Å². The van der Waals surface area contributed by atoms with Gasteiger partial charge in [-0.25, -0.2) is 0 Å². The smallest absolute Gasteiger partial charge is 0.304 e. The number of carboxylic acids is 1. The number of hydrogen-bond donors (Lipinski definition) is 3. The van der Waals surface area contributed by atoms with Crippen LogP contribution >= 0.6 is 0 Å². The lowest BCUT2D eigenvalue weighted by Gasteiger charge is -2.33. The Labute approximate surface area is 147 Å². The normalized spacial score (nSPS) is 19.2. The summed E-state index contributed by atoms with van der Waals surface area (Å²) in [6.45, 7) is 4.70. The highest BCUT2D eigenvalue weighted by molar-refractivity contribution is 5.74. The second-order valence-corrected chi connectivity index (χ2v) is 6.95. The number of rotatable bonds is 5. The van der Waals surface area contributed by atoms with Crippen molar-refractivity contribution in [2.45, 2.75) is 38.8 Å². The minimum Gasteiger partial charge on any atom is -0.508 e. The Morgan fingerprint density at radius 2 is 1.80 bits per heavy atom. The first kappa shape index (κ1) is 17.1. The standard InChI is InChI=1S/C20H23NO4/c1-12(2)19-16(10-18(24)25)15-4-3-5-17(23)20(15)21(19)11-13-6-8-14(22)9-7-13/h3-9,12,16,19,22-23H,10-11H2,1-2H3,(H,24,25). The third kappa shape index (κ3) is 3.27. The van der Waals surface area contributed by atoms with Crippen LogP contribution in [0.2, 0.25) is 0 Å². The lowest BCUT2D eigenvalue weighted by atomic mass is 9.85. The second-order valence-electron chi connectivity index (χ2n) is 6.95. The van der Waals surface area contributed by atoms with Crippen LogP contribution in [0.15, 0.2) is 42.5 Å². The van der Waals surface area contributed by atoms with Gasteiger partial charge >= 0.3 is 5.97 Å². The molecule has 0 amide bonds. The maximum Gasteiger partial charge on any atom is 0.304 e. The van der Waals surface area contributed by atoms with Gasteiger partial charge in [0.25, 0.3) is 0 Å². The first-order chi connectivity index (χ1) is 11.9. The Hall–Kier alpha value is -2.69. The number of aromatic hydroxyl groups is 2. The lowest BCUT2D eigenvalue weighted by Crippen LogP contribution is -2.38. The van der Waals surface area contributed by atoms with Crippen LogP contribution in [-0.4, -0.2) is 27.3 Å². The number of benzene rings is 2. The van der Waals surface area contributed by atoms with E-state index in [-0.39, 0.29) is 35.8 Å². The Morgan fingerprint density at radius 1 is 1.12 bits per heavy atom. The molecule has 2 aromatic carbocycles. The van der Waals surface area contributed by atoms with E-state index in [1.165, 1.54) is 0 Å². The third-order valence-electron chi connectivity index (χ3n) is 4.87. The molecule has 0 fully saturated rings. The van der Waals surface area contributed by atoms with Crippen molar-refractivity contribution in [3.63, 3.8) is 0 Å². The van der Waals surface area contributed by atoms with Gasteiger partial charge in [-0.05, 0) is 35.2 Å². The summed E-state index contributed by atoms with van der Waals surface area (Å²) in [5, 5.41) is 29.3. The molecule has 5 heteroatoms. The molecule has 2 atom stereocenters. The van der Waals surface area contributed by atoms with Crippen molar-refractivity contribution in [1.29, 1.82) is 0 Å². The molecular formula is C20H23NO4. The van der Waals surface area contributed by atoms with Crippen LogP contribution in [0, 0.1) is 5.92 Å². The molecule has 3 N–H and O–H groups in total. The van der Waals surface area contributed by atoms with Crippen molar-refractivity contribution in [2.75, 3.05) is 4.90 Å². The summed E-state index contributed by atoms with van der Waals surface area (Å²) in [6.07, 6.45) is 0.0331. The first-order valence-corrected chi connectivity index (χ1v) is 8.46. The fraction of sp³-hybridized carbons (Fsp3) is 0.350. The number of aliphatic carboxylic acids is 1. The average molecular weight is 341 g/mol. The maximum atomic E-state index is 11.4. The van der Waals surface area contributed by atoms with E-state index in [9.17, 15) is 20.1 Å². The third-order valence-corrected chi connectivity index (χ3v) is 4.87. The van der Waals surface area contributed by atoms with E-state index >= 15 is 0 Å². The minimum atomic E-state index is -0.837. The average Bonchev–Trinajstić information content (AvgIpc) is 2.84. The quantitative estimate of drug-likeness (QED) is 0.772. The summed E-state index contributed by atoms with van der Waals surface area (Å²) >= 11 is 0. The summed E-state index contributed by atoms with van der Waals surface area (Å²) in [5.41, 5.74) is 2.61. The van der Waals surface area contributed by atoms with Crippen molar-refractivity contribution in [2.24, 2.45) is 5.92 Å². The molecule has 1 heterocycles. The monoisotopic (exact) mass is 341 g/mol. The van der Waals surface area contributed by atoms with E-state index in [2.05, 4.69) is 18.7 Å². The van der Waals surface area contributed by atoms with Gasteiger partial charge in [0.15, 0.2) is 0 Å². The molecule has 0 saturated heterocycles. The topological polar surface area (TPSA) is 81.0 Å². The molecule has 2 unspecified atom stereocenters. The molecule has 0 saturated carbocycles. The number of para-hydroxylation sites is 1. The largest absolute Gasteiger partial charge is 0.508 e. The van der Waals surface area contributed by atoms with Crippen LogP contribution in [0.3, 0.4) is 0 Å². The fourth-order valence-corrected chi connectivity index (χ4v) is 3.94. The predicted molar refractivity (Wildman–Crippen MR) is 96.0 cm³/mol. The fourth-order valence-electron chi connectivity index (χ4n) is 3.94. The second kappa shape index (κ2) is 6.67. The van der Waals surface area contributed by atoms with Gasteiger partial charge in [0.2, 0.25) is 0 Å². The van der Waals surface area contributed by atoms with Gasteiger partial charge in [-0.3, -0.25) is 4.79 Å². The molecule has 0 aliphatic carbocycles. The van der Waals surface area contributed by atoms with Crippen LogP contribution in [0.5, 0.6) is 11.5 Å². The summed E-state index contributed by atoms with van der Waals surface area (Å²) in [4.78, 5) is 13.5. The molecule has 0 radical (unpaired) electrons. The highest BCUT2D eigenvalue weighted by Crippen LogP contribution is 2.50. The number of hydrogen-bond acceptors (Lipinski definition) is 4. The summed E-state index contributed by atoms with van der Waals surface area (Å²) in [6, 6.07) is 12.3. The number of fused-ring (bicyclic) bond motifs is 1. The Morgan fingerprint density at radius 3 is 2.40 bits per heavy atom. The highest BCUT2D eigenvalue weighted by Gasteiger charge is 2.42. The molecule has 1 aliphatic rings. The van der Waals surface area contributed by atoms with Crippen LogP contribution < -0.4 is 4.90 Å². The highest BCUT2D eigenvalue weighted by atomic mass is 16.4. The van der Waals surface area contributed by atoms with Crippen molar-refractivity contribution in [3.05, 3.63) is 53.6 Å². The molecule has 2 aromatic rings. The SMILES string of the molecule is CC(C)C1C(CC(=O)O)c2cccc(O)c2N1Cc1ccc(O)cc1. The van der Waals surface area contributed by atoms with Gasteiger partial charge in [0.05, 0.1) is 12.1 Å².